The molecule has 10 heteroatoms. The zero-order valence-corrected chi connectivity index (χ0v) is 22.4. The third kappa shape index (κ3) is 6.93. The number of rotatable bonds is 8. The Balaban J connectivity index is 1.60. The number of amides is 2. The van der Waals surface area contributed by atoms with Gasteiger partial charge in [-0.1, -0.05) is 41.6 Å². The molecule has 0 spiro atoms. The van der Waals surface area contributed by atoms with Crippen LogP contribution in [0, 0.1) is 0 Å². The fourth-order valence-corrected chi connectivity index (χ4v) is 4.98. The Hall–Kier alpha value is -3.82. The van der Waals surface area contributed by atoms with Crippen molar-refractivity contribution in [3.05, 3.63) is 88.9 Å². The van der Waals surface area contributed by atoms with E-state index in [1.54, 1.807) is 67.5 Å². The van der Waals surface area contributed by atoms with Crippen LogP contribution in [0.1, 0.15) is 29.3 Å². The van der Waals surface area contributed by atoms with Crippen molar-refractivity contribution in [1.29, 1.82) is 0 Å². The molecule has 196 valence electrons. The number of halogens is 1. The molecule has 0 aromatic heterocycles. The van der Waals surface area contributed by atoms with Gasteiger partial charge in [0.15, 0.2) is 5.17 Å². The Kier molecular flexibility index (Phi) is 9.04. The van der Waals surface area contributed by atoms with Crippen molar-refractivity contribution in [2.24, 2.45) is 4.99 Å². The van der Waals surface area contributed by atoms with Gasteiger partial charge in [-0.15, -0.1) is 0 Å². The van der Waals surface area contributed by atoms with Crippen LogP contribution in [-0.4, -0.2) is 46.8 Å². The van der Waals surface area contributed by atoms with E-state index in [1.165, 1.54) is 11.8 Å². The van der Waals surface area contributed by atoms with E-state index in [-0.39, 0.29) is 31.4 Å². The molecule has 0 bridgehead atoms. The van der Waals surface area contributed by atoms with Crippen molar-refractivity contribution in [2.45, 2.75) is 25.1 Å². The highest BCUT2D eigenvalue weighted by molar-refractivity contribution is 8.15. The summed E-state index contributed by atoms with van der Waals surface area (Å²) in [6, 6.07) is 20.8. The Morgan fingerprint density at radius 2 is 1.84 bits per heavy atom. The predicted molar refractivity (Wildman–Crippen MR) is 149 cm³/mol. The number of esters is 1. The number of hydrogen-bond acceptors (Lipinski definition) is 7. The number of methoxy groups -OCH3 is 1. The van der Waals surface area contributed by atoms with Crippen LogP contribution >= 0.6 is 23.4 Å². The molecule has 3 aromatic rings. The van der Waals surface area contributed by atoms with Crippen LogP contribution in [0.25, 0.3) is 0 Å². The summed E-state index contributed by atoms with van der Waals surface area (Å²) in [5, 5.41) is 3.02. The highest BCUT2D eigenvalue weighted by atomic mass is 35.5. The van der Waals surface area contributed by atoms with Gasteiger partial charge in [-0.25, -0.2) is 9.79 Å². The van der Waals surface area contributed by atoms with E-state index in [0.717, 1.165) is 5.56 Å². The zero-order valence-electron chi connectivity index (χ0n) is 20.8. The summed E-state index contributed by atoms with van der Waals surface area (Å²) in [6.07, 6.45) is 0.00797. The molecular weight excluding hydrogens is 526 g/mol. The molecule has 38 heavy (non-hydrogen) atoms. The topological polar surface area (TPSA) is 97.3 Å². The summed E-state index contributed by atoms with van der Waals surface area (Å²) in [5.41, 5.74) is 2.36. The van der Waals surface area contributed by atoms with Gasteiger partial charge in [-0.05, 0) is 67.1 Å². The van der Waals surface area contributed by atoms with E-state index >= 15 is 0 Å². The highest BCUT2D eigenvalue weighted by Crippen LogP contribution is 2.31. The fraction of sp³-hybridized carbons (Fsp3) is 0.214. The number of amidine groups is 1. The maximum absolute atomic E-state index is 13.3. The number of ether oxygens (including phenoxy) is 2. The Labute approximate surface area is 230 Å². The molecule has 1 saturated heterocycles. The molecule has 3 aromatic carbocycles. The van der Waals surface area contributed by atoms with Gasteiger partial charge < -0.3 is 14.8 Å². The summed E-state index contributed by atoms with van der Waals surface area (Å²) in [4.78, 5) is 44.6. The molecule has 2 amide bonds. The van der Waals surface area contributed by atoms with Crippen LogP contribution in [0.15, 0.2) is 77.8 Å². The third-order valence-corrected chi connectivity index (χ3v) is 7.05. The van der Waals surface area contributed by atoms with E-state index in [9.17, 15) is 14.4 Å². The first-order chi connectivity index (χ1) is 18.4. The summed E-state index contributed by atoms with van der Waals surface area (Å²) in [6.45, 7) is 2.30. The first-order valence-corrected chi connectivity index (χ1v) is 13.1. The largest absolute Gasteiger partial charge is 0.497 e. The molecule has 1 atom stereocenters. The summed E-state index contributed by atoms with van der Waals surface area (Å²) >= 11 is 7.25. The maximum atomic E-state index is 13.3. The molecule has 1 heterocycles. The van der Waals surface area contributed by atoms with Crippen LogP contribution in [0.4, 0.5) is 11.4 Å². The lowest BCUT2D eigenvalue weighted by Gasteiger charge is -2.32. The predicted octanol–water partition coefficient (Wildman–Crippen LogP) is 5.69. The molecule has 1 fully saturated rings. The first kappa shape index (κ1) is 27.2. The summed E-state index contributed by atoms with van der Waals surface area (Å²) in [5.74, 6) is -0.262. The number of benzene rings is 3. The minimum atomic E-state index is -0.689. The molecule has 0 radical (unpaired) electrons. The first-order valence-electron chi connectivity index (χ1n) is 11.9. The number of aliphatic imine (C=N–C) groups is 1. The molecular formula is C28H26ClN3O5S. The zero-order chi connectivity index (χ0) is 27.1. The second kappa shape index (κ2) is 12.6. The van der Waals surface area contributed by atoms with E-state index < -0.39 is 11.2 Å². The number of thioether (sulfide) groups is 1. The maximum Gasteiger partial charge on any atom is 0.338 e. The number of nitrogens with zero attached hydrogens (tertiary/aromatic N) is 2. The number of carbonyl (C=O) groups excluding carboxylic acids is 3. The lowest BCUT2D eigenvalue weighted by Crippen LogP contribution is -2.44. The van der Waals surface area contributed by atoms with E-state index in [4.69, 9.17) is 21.1 Å². The molecule has 0 aliphatic carbocycles. The monoisotopic (exact) mass is 551 g/mol. The smallest absolute Gasteiger partial charge is 0.338 e. The summed E-state index contributed by atoms with van der Waals surface area (Å²) < 4.78 is 10.3. The molecule has 0 unspecified atom stereocenters. The minimum Gasteiger partial charge on any atom is -0.497 e. The van der Waals surface area contributed by atoms with E-state index in [1.807, 2.05) is 24.3 Å². The average Bonchev–Trinajstić information content (AvgIpc) is 2.91. The normalized spacial score (nSPS) is 16.3. The van der Waals surface area contributed by atoms with Gasteiger partial charge in [0.25, 0.3) is 0 Å². The Morgan fingerprint density at radius 3 is 2.50 bits per heavy atom. The molecule has 1 aliphatic rings. The number of nitrogens with one attached hydrogen (secondary N) is 1. The molecule has 1 aliphatic heterocycles. The van der Waals surface area contributed by atoms with Gasteiger partial charge in [0.05, 0.1) is 31.5 Å². The van der Waals surface area contributed by atoms with Crippen molar-refractivity contribution in [3.63, 3.8) is 0 Å². The van der Waals surface area contributed by atoms with Gasteiger partial charge in [-0.2, -0.15) is 0 Å². The van der Waals surface area contributed by atoms with Gasteiger partial charge in [0.2, 0.25) is 11.8 Å². The summed E-state index contributed by atoms with van der Waals surface area (Å²) in [7, 11) is 1.59. The van der Waals surface area contributed by atoms with Crippen LogP contribution in [0.5, 0.6) is 5.75 Å². The fourth-order valence-electron chi connectivity index (χ4n) is 3.70. The van der Waals surface area contributed by atoms with Crippen LogP contribution < -0.4 is 10.1 Å². The van der Waals surface area contributed by atoms with Crippen molar-refractivity contribution in [1.82, 2.24) is 4.90 Å². The van der Waals surface area contributed by atoms with Crippen LogP contribution in [0.2, 0.25) is 5.02 Å². The lowest BCUT2D eigenvalue weighted by atomic mass is 10.2. The third-order valence-electron chi connectivity index (χ3n) is 5.63. The number of hydrogen-bond donors (Lipinski definition) is 1. The Morgan fingerprint density at radius 1 is 1.11 bits per heavy atom. The van der Waals surface area contributed by atoms with Gasteiger partial charge in [0, 0.05) is 17.1 Å². The van der Waals surface area contributed by atoms with Crippen molar-refractivity contribution >= 4 is 57.7 Å². The van der Waals surface area contributed by atoms with Crippen molar-refractivity contribution in [2.75, 3.05) is 19.0 Å². The quantitative estimate of drug-likeness (QED) is 0.361. The minimum absolute atomic E-state index is 0.00797. The van der Waals surface area contributed by atoms with Gasteiger partial charge in [-0.3, -0.25) is 14.5 Å². The standard InChI is InChI=1S/C28H26ClN3O5S/c1-3-37-27(35)19-9-11-21(12-10-19)31-28-32(17-18-7-13-23(36-2)14-8-18)25(33)16-24(38-28)26(34)30-22-6-4-5-20(29)15-22/h4-15,24H,3,16-17H2,1-2H3,(H,30,34)/t24-/m0/s1. The van der Waals surface area contributed by atoms with E-state index in [0.29, 0.717) is 32.9 Å². The van der Waals surface area contributed by atoms with Crippen LogP contribution in [-0.2, 0) is 20.9 Å². The average molecular weight is 552 g/mol. The molecule has 8 nitrogen and oxygen atoms in total. The molecule has 4 rings (SSSR count). The molecule has 0 saturated carbocycles. The van der Waals surface area contributed by atoms with Gasteiger partial charge >= 0.3 is 5.97 Å². The van der Waals surface area contributed by atoms with E-state index in [2.05, 4.69) is 10.3 Å². The number of anilines is 1. The molecule has 1 N–H and O–H groups in total. The second-order valence-corrected chi connectivity index (χ2v) is 9.91. The lowest BCUT2D eigenvalue weighted by molar-refractivity contribution is -0.129. The van der Waals surface area contributed by atoms with Crippen molar-refractivity contribution in [3.8, 4) is 5.75 Å². The second-order valence-electron chi connectivity index (χ2n) is 8.30. The van der Waals surface area contributed by atoms with Crippen LogP contribution in [0.3, 0.4) is 0 Å². The SMILES string of the molecule is CCOC(=O)c1ccc(N=C2S[C@H](C(=O)Nc3cccc(Cl)c3)CC(=O)N2Cc2ccc(OC)cc2)cc1. The van der Waals surface area contributed by atoms with Crippen molar-refractivity contribution < 1.29 is 23.9 Å². The highest BCUT2D eigenvalue weighted by Gasteiger charge is 2.36. The number of carbonyl (C=O) groups is 3. The Bertz CT molecular complexity index is 1350. The van der Waals surface area contributed by atoms with Gasteiger partial charge in [0.1, 0.15) is 11.0 Å².